The number of anilines is 1. The maximum absolute atomic E-state index is 12.6. The molecule has 1 aliphatic rings. The van der Waals surface area contributed by atoms with Crippen molar-refractivity contribution in [3.63, 3.8) is 0 Å². The number of nitrogens with one attached hydrogen (secondary N) is 2. The van der Waals surface area contributed by atoms with E-state index in [1.165, 1.54) is 12.1 Å². The summed E-state index contributed by atoms with van der Waals surface area (Å²) in [4.78, 5) is 23.9. The average Bonchev–Trinajstić information content (AvgIpc) is 3.27. The van der Waals surface area contributed by atoms with E-state index in [0.717, 1.165) is 18.6 Å². The first kappa shape index (κ1) is 17.3. The van der Waals surface area contributed by atoms with Gasteiger partial charge in [-0.1, -0.05) is 13.0 Å². The fourth-order valence-corrected chi connectivity index (χ4v) is 2.23. The second-order valence-electron chi connectivity index (χ2n) is 5.83. The molecule has 1 aliphatic carbocycles. The van der Waals surface area contributed by atoms with E-state index in [1.807, 2.05) is 13.8 Å². The predicted molar refractivity (Wildman–Crippen MR) is 79.6 cm³/mol. The van der Waals surface area contributed by atoms with E-state index in [2.05, 4.69) is 10.6 Å². The van der Waals surface area contributed by atoms with Gasteiger partial charge in [-0.15, -0.1) is 0 Å². The third-order valence-electron chi connectivity index (χ3n) is 3.92. The Morgan fingerprint density at radius 3 is 2.52 bits per heavy atom. The molecule has 1 saturated carbocycles. The zero-order valence-electron chi connectivity index (χ0n) is 12.9. The molecule has 3 unspecified atom stereocenters. The van der Waals surface area contributed by atoms with Gasteiger partial charge in [0.2, 0.25) is 11.8 Å². The highest BCUT2D eigenvalue weighted by Gasteiger charge is 2.48. The minimum absolute atomic E-state index is 0.0373. The van der Waals surface area contributed by atoms with Crippen LogP contribution in [-0.4, -0.2) is 17.9 Å². The summed E-state index contributed by atoms with van der Waals surface area (Å²) in [6, 6.07) is 4.49. The van der Waals surface area contributed by atoms with Crippen LogP contribution in [0, 0.1) is 11.8 Å². The highest BCUT2D eigenvalue weighted by atomic mass is 19.4. The smallest absolute Gasteiger partial charge is 0.353 e. The first-order valence-electron chi connectivity index (χ1n) is 7.51. The Labute approximate surface area is 132 Å². The number of alkyl halides is 3. The van der Waals surface area contributed by atoms with Crippen LogP contribution in [-0.2, 0) is 15.8 Å². The molecule has 3 atom stereocenters. The minimum atomic E-state index is -4.46. The van der Waals surface area contributed by atoms with Crippen molar-refractivity contribution in [3.8, 4) is 0 Å². The van der Waals surface area contributed by atoms with Gasteiger partial charge in [-0.05, 0) is 38.0 Å². The summed E-state index contributed by atoms with van der Waals surface area (Å²) < 4.78 is 37.9. The van der Waals surface area contributed by atoms with E-state index in [0.29, 0.717) is 6.42 Å². The maximum Gasteiger partial charge on any atom is 0.416 e. The van der Waals surface area contributed by atoms with E-state index < -0.39 is 29.5 Å². The van der Waals surface area contributed by atoms with Crippen molar-refractivity contribution < 1.29 is 22.8 Å². The number of halogens is 3. The van der Waals surface area contributed by atoms with E-state index in [9.17, 15) is 22.8 Å². The molecule has 1 fully saturated rings. The summed E-state index contributed by atoms with van der Waals surface area (Å²) in [5.41, 5.74) is -0.741. The number of benzene rings is 1. The van der Waals surface area contributed by atoms with Gasteiger partial charge in [0.1, 0.15) is 0 Å². The van der Waals surface area contributed by atoms with Gasteiger partial charge in [-0.25, -0.2) is 0 Å². The van der Waals surface area contributed by atoms with Crippen molar-refractivity contribution >= 4 is 17.5 Å². The summed E-state index contributed by atoms with van der Waals surface area (Å²) in [6.45, 7) is 3.81. The zero-order valence-corrected chi connectivity index (χ0v) is 12.9. The van der Waals surface area contributed by atoms with Gasteiger partial charge in [0, 0.05) is 11.7 Å². The monoisotopic (exact) mass is 328 g/mol. The summed E-state index contributed by atoms with van der Waals surface area (Å²) in [7, 11) is 0. The van der Waals surface area contributed by atoms with Crippen LogP contribution in [0.4, 0.5) is 18.9 Å². The van der Waals surface area contributed by atoms with Gasteiger partial charge in [0.05, 0.1) is 17.4 Å². The van der Waals surface area contributed by atoms with Crippen molar-refractivity contribution in [1.82, 2.24) is 5.32 Å². The highest BCUT2D eigenvalue weighted by molar-refractivity contribution is 5.99. The lowest BCUT2D eigenvalue weighted by Crippen LogP contribution is -2.34. The van der Waals surface area contributed by atoms with Crippen LogP contribution >= 0.6 is 0 Å². The molecular weight excluding hydrogens is 309 g/mol. The predicted octanol–water partition coefficient (Wildman–Crippen LogP) is 3.19. The van der Waals surface area contributed by atoms with Crippen LogP contribution in [0.15, 0.2) is 24.3 Å². The lowest BCUT2D eigenvalue weighted by molar-refractivity contribution is -0.137. The van der Waals surface area contributed by atoms with Crippen molar-refractivity contribution in [2.45, 2.75) is 38.9 Å². The molecule has 1 aromatic rings. The Balaban J connectivity index is 1.93. The van der Waals surface area contributed by atoms with E-state index in [1.54, 1.807) is 0 Å². The van der Waals surface area contributed by atoms with Crippen LogP contribution in [0.5, 0.6) is 0 Å². The molecule has 4 nitrogen and oxygen atoms in total. The number of rotatable bonds is 5. The van der Waals surface area contributed by atoms with Crippen molar-refractivity contribution in [3.05, 3.63) is 29.8 Å². The average molecular weight is 328 g/mol. The molecule has 0 bridgehead atoms. The van der Waals surface area contributed by atoms with Crippen LogP contribution < -0.4 is 10.6 Å². The second kappa shape index (κ2) is 6.60. The fraction of sp³-hybridized carbons (Fsp3) is 0.500. The topological polar surface area (TPSA) is 58.2 Å². The second-order valence-corrected chi connectivity index (χ2v) is 5.83. The first-order chi connectivity index (χ1) is 10.7. The maximum atomic E-state index is 12.6. The number of carbonyl (C=O) groups is 2. The molecule has 1 aromatic carbocycles. The molecule has 2 rings (SSSR count). The Morgan fingerprint density at radius 2 is 1.91 bits per heavy atom. The largest absolute Gasteiger partial charge is 0.416 e. The van der Waals surface area contributed by atoms with Crippen LogP contribution in [0.1, 0.15) is 32.3 Å². The highest BCUT2D eigenvalue weighted by Crippen LogP contribution is 2.40. The number of hydrogen-bond donors (Lipinski definition) is 2. The molecule has 0 spiro atoms. The summed E-state index contributed by atoms with van der Waals surface area (Å²) in [5, 5.41) is 5.25. The van der Waals surface area contributed by atoms with Crippen molar-refractivity contribution in [2.75, 3.05) is 5.32 Å². The number of amides is 2. The minimum Gasteiger partial charge on any atom is -0.353 e. The van der Waals surface area contributed by atoms with E-state index in [4.69, 9.17) is 0 Å². The molecule has 0 saturated heterocycles. The Morgan fingerprint density at radius 1 is 1.26 bits per heavy atom. The standard InChI is InChI=1S/C16H19F3N2O2/c1-3-9(2)20-14(22)12-8-13(12)15(23)21-11-6-4-5-10(7-11)16(17,18)19/h4-7,9,12-13H,3,8H2,1-2H3,(H,20,22)(H,21,23). The molecule has 0 aliphatic heterocycles. The lowest BCUT2D eigenvalue weighted by Gasteiger charge is -2.11. The quantitative estimate of drug-likeness (QED) is 0.872. The summed E-state index contributed by atoms with van der Waals surface area (Å²) in [6.07, 6.45) is -3.24. The van der Waals surface area contributed by atoms with Crippen molar-refractivity contribution in [2.24, 2.45) is 11.8 Å². The number of hydrogen-bond acceptors (Lipinski definition) is 2. The van der Waals surface area contributed by atoms with Crippen LogP contribution in [0.25, 0.3) is 0 Å². The summed E-state index contributed by atoms with van der Waals surface area (Å²) >= 11 is 0. The molecule has 0 heterocycles. The third-order valence-corrected chi connectivity index (χ3v) is 3.92. The molecular formula is C16H19F3N2O2. The van der Waals surface area contributed by atoms with Crippen molar-refractivity contribution in [1.29, 1.82) is 0 Å². The van der Waals surface area contributed by atoms with Gasteiger partial charge in [0.25, 0.3) is 0 Å². The Kier molecular flexibility index (Phi) is 4.97. The molecule has 0 radical (unpaired) electrons. The molecule has 2 amide bonds. The van der Waals surface area contributed by atoms with Gasteiger partial charge in [0.15, 0.2) is 0 Å². The van der Waals surface area contributed by atoms with E-state index >= 15 is 0 Å². The first-order valence-corrected chi connectivity index (χ1v) is 7.51. The van der Waals surface area contributed by atoms with Gasteiger partial charge in [-0.3, -0.25) is 9.59 Å². The SMILES string of the molecule is CCC(C)NC(=O)C1CC1C(=O)Nc1cccc(C(F)(F)F)c1. The van der Waals surface area contributed by atoms with Crippen LogP contribution in [0.2, 0.25) is 0 Å². The van der Waals surface area contributed by atoms with Gasteiger partial charge in [-0.2, -0.15) is 13.2 Å². The molecule has 2 N–H and O–H groups in total. The zero-order chi connectivity index (χ0) is 17.2. The Hall–Kier alpha value is -2.05. The lowest BCUT2D eigenvalue weighted by atomic mass is 10.2. The molecule has 126 valence electrons. The van der Waals surface area contributed by atoms with Crippen LogP contribution in [0.3, 0.4) is 0 Å². The van der Waals surface area contributed by atoms with Gasteiger partial charge >= 0.3 is 6.18 Å². The molecule has 7 heteroatoms. The molecule has 0 aromatic heterocycles. The van der Waals surface area contributed by atoms with Gasteiger partial charge < -0.3 is 10.6 Å². The number of carbonyl (C=O) groups excluding carboxylic acids is 2. The Bertz CT molecular complexity index is 601. The molecule has 23 heavy (non-hydrogen) atoms. The fourth-order valence-electron chi connectivity index (χ4n) is 2.23. The summed E-state index contributed by atoms with van der Waals surface area (Å²) in [5.74, 6) is -1.47. The third kappa shape index (κ3) is 4.46. The normalized spacial score (nSPS) is 21.4. The van der Waals surface area contributed by atoms with E-state index in [-0.39, 0.29) is 17.6 Å².